The van der Waals surface area contributed by atoms with E-state index < -0.39 is 15.8 Å². The maximum atomic E-state index is 2.37. The number of rotatable bonds is 7. The molecule has 4 aromatic carbocycles. The molecule has 4 aromatic rings. The molecule has 0 aliphatic rings. The van der Waals surface area contributed by atoms with Crippen molar-refractivity contribution in [2.24, 2.45) is 0 Å². The number of hydrogen-bond acceptors (Lipinski definition) is 0. The SMILES string of the molecule is CCC(P(c1ccccc1)c1ccccc1)P(c1ccccc1)c1ccccc1.Cl.[Pd]. The quantitative estimate of drug-likeness (QED) is 0.183. The molecule has 0 aliphatic heterocycles. The van der Waals surface area contributed by atoms with Crippen molar-refractivity contribution in [1.29, 1.82) is 0 Å². The van der Waals surface area contributed by atoms with Gasteiger partial charge in [-0.3, -0.25) is 0 Å². The van der Waals surface area contributed by atoms with E-state index in [1.807, 2.05) is 0 Å². The Balaban J connectivity index is 0.00000171. The number of hydrogen-bond donors (Lipinski definition) is 0. The average molecular weight is 555 g/mol. The van der Waals surface area contributed by atoms with Crippen molar-refractivity contribution >= 4 is 49.5 Å². The van der Waals surface area contributed by atoms with Crippen LogP contribution in [0.3, 0.4) is 0 Å². The first kappa shape index (κ1) is 25.9. The molecule has 4 rings (SSSR count). The summed E-state index contributed by atoms with van der Waals surface area (Å²) >= 11 is 0. The minimum Gasteiger partial charge on any atom is -0.147 e. The second-order valence-corrected chi connectivity index (χ2v) is 12.2. The van der Waals surface area contributed by atoms with Crippen LogP contribution in [0.1, 0.15) is 13.3 Å². The minimum atomic E-state index is -0.472. The van der Waals surface area contributed by atoms with Crippen LogP contribution < -0.4 is 21.2 Å². The fourth-order valence-corrected chi connectivity index (χ4v) is 11.0. The first-order valence-electron chi connectivity index (χ1n) is 10.2. The Labute approximate surface area is 209 Å². The molecule has 0 saturated carbocycles. The molecule has 0 amide bonds. The normalized spacial score (nSPS) is 10.6. The van der Waals surface area contributed by atoms with Crippen LogP contribution >= 0.6 is 28.3 Å². The van der Waals surface area contributed by atoms with E-state index in [0.29, 0.717) is 5.40 Å². The summed E-state index contributed by atoms with van der Waals surface area (Å²) in [6, 6.07) is 44.6. The smallest absolute Gasteiger partial charge is 0.0152 e. The monoisotopic (exact) mass is 554 g/mol. The fraction of sp³-hybridized carbons (Fsp3) is 0.111. The topological polar surface area (TPSA) is 0 Å². The zero-order valence-electron chi connectivity index (χ0n) is 17.5. The number of benzene rings is 4. The predicted octanol–water partition coefficient (Wildman–Crippen LogP) is 6.41. The van der Waals surface area contributed by atoms with E-state index in [1.165, 1.54) is 21.2 Å². The van der Waals surface area contributed by atoms with Crippen LogP contribution in [-0.2, 0) is 20.4 Å². The average Bonchev–Trinajstić information content (AvgIpc) is 2.81. The van der Waals surface area contributed by atoms with Crippen LogP contribution in [-0.4, -0.2) is 5.40 Å². The third-order valence-electron chi connectivity index (χ3n) is 5.10. The van der Waals surface area contributed by atoms with E-state index in [9.17, 15) is 0 Å². The molecule has 0 spiro atoms. The second-order valence-electron chi connectivity index (χ2n) is 6.97. The van der Waals surface area contributed by atoms with Crippen molar-refractivity contribution in [3.05, 3.63) is 121 Å². The summed E-state index contributed by atoms with van der Waals surface area (Å²) in [5.41, 5.74) is 0. The van der Waals surface area contributed by atoms with E-state index in [0.717, 1.165) is 6.42 Å². The van der Waals surface area contributed by atoms with Gasteiger partial charge in [-0.25, -0.2) is 0 Å². The fourth-order valence-electron chi connectivity index (χ4n) is 3.82. The summed E-state index contributed by atoms with van der Waals surface area (Å²) in [5, 5.41) is 6.47. The van der Waals surface area contributed by atoms with Crippen LogP contribution in [0.4, 0.5) is 0 Å². The van der Waals surface area contributed by atoms with Gasteiger partial charge in [0.05, 0.1) is 0 Å². The maximum Gasteiger partial charge on any atom is 0.0152 e. The van der Waals surface area contributed by atoms with Gasteiger partial charge in [0, 0.05) is 25.8 Å². The van der Waals surface area contributed by atoms with Gasteiger partial charge >= 0.3 is 0 Å². The largest absolute Gasteiger partial charge is 0.147 e. The summed E-state index contributed by atoms with van der Waals surface area (Å²) in [5.74, 6) is 0. The maximum absolute atomic E-state index is 2.37. The van der Waals surface area contributed by atoms with E-state index >= 15 is 0 Å². The summed E-state index contributed by atoms with van der Waals surface area (Å²) in [6.07, 6.45) is 1.16. The molecule has 0 aliphatic carbocycles. The van der Waals surface area contributed by atoms with Crippen molar-refractivity contribution in [2.45, 2.75) is 18.7 Å². The van der Waals surface area contributed by atoms with Gasteiger partial charge < -0.3 is 0 Å². The zero-order valence-corrected chi connectivity index (χ0v) is 21.6. The van der Waals surface area contributed by atoms with E-state index in [2.05, 4.69) is 128 Å². The molecule has 0 N–H and O–H groups in total. The van der Waals surface area contributed by atoms with Gasteiger partial charge in [-0.2, -0.15) is 0 Å². The Morgan fingerprint density at radius 1 is 0.484 bits per heavy atom. The third-order valence-corrected chi connectivity index (χ3v) is 11.8. The Morgan fingerprint density at radius 2 is 0.710 bits per heavy atom. The Kier molecular flexibility index (Phi) is 11.1. The molecule has 0 saturated heterocycles. The van der Waals surface area contributed by atoms with Crippen molar-refractivity contribution in [1.82, 2.24) is 0 Å². The van der Waals surface area contributed by atoms with Crippen LogP contribution in [0, 0.1) is 0 Å². The van der Waals surface area contributed by atoms with Crippen molar-refractivity contribution in [2.75, 3.05) is 0 Å². The molecule has 0 heterocycles. The van der Waals surface area contributed by atoms with Gasteiger partial charge in [0.25, 0.3) is 0 Å². The van der Waals surface area contributed by atoms with Crippen molar-refractivity contribution < 1.29 is 20.4 Å². The van der Waals surface area contributed by atoms with Gasteiger partial charge in [0.1, 0.15) is 0 Å². The summed E-state index contributed by atoms with van der Waals surface area (Å²) in [7, 11) is -0.944. The van der Waals surface area contributed by atoms with E-state index in [-0.39, 0.29) is 32.8 Å². The second kappa shape index (κ2) is 13.3. The summed E-state index contributed by atoms with van der Waals surface area (Å²) in [4.78, 5) is 0. The van der Waals surface area contributed by atoms with Crippen LogP contribution in [0.15, 0.2) is 121 Å². The molecule has 31 heavy (non-hydrogen) atoms. The van der Waals surface area contributed by atoms with E-state index in [1.54, 1.807) is 0 Å². The molecule has 4 heteroatoms. The van der Waals surface area contributed by atoms with Crippen molar-refractivity contribution in [3.63, 3.8) is 0 Å². The van der Waals surface area contributed by atoms with Gasteiger partial charge in [0.2, 0.25) is 0 Å². The standard InChI is InChI=1S/C27H26P2.ClH.Pd/c1-2-27(28(23-15-7-3-8-16-23)24-17-9-4-10-18-24)29(25-19-11-5-12-20-25)26-21-13-6-14-22-26;;/h3-22,27H,2H2,1H3;1H;. The third kappa shape index (κ3) is 6.36. The Bertz CT molecular complexity index is 836. The van der Waals surface area contributed by atoms with Crippen LogP contribution in [0.25, 0.3) is 0 Å². The molecule has 0 unspecified atom stereocenters. The van der Waals surface area contributed by atoms with Crippen LogP contribution in [0.2, 0.25) is 0 Å². The Morgan fingerprint density at radius 3 is 0.903 bits per heavy atom. The van der Waals surface area contributed by atoms with Crippen molar-refractivity contribution in [3.8, 4) is 0 Å². The molecule has 0 nitrogen and oxygen atoms in total. The zero-order chi connectivity index (χ0) is 19.9. The predicted molar refractivity (Wildman–Crippen MR) is 139 cm³/mol. The van der Waals surface area contributed by atoms with Crippen LogP contribution in [0.5, 0.6) is 0 Å². The summed E-state index contributed by atoms with van der Waals surface area (Å²) < 4.78 is 0. The minimum absolute atomic E-state index is 0. The molecule has 0 fully saturated rings. The first-order valence-corrected chi connectivity index (χ1v) is 13.0. The van der Waals surface area contributed by atoms with Gasteiger partial charge in [-0.1, -0.05) is 128 Å². The number of halogens is 1. The first-order chi connectivity index (χ1) is 14.4. The molecule has 0 aromatic heterocycles. The van der Waals surface area contributed by atoms with Gasteiger partial charge in [-0.05, 0) is 43.5 Å². The molecule has 162 valence electrons. The molecule has 0 radical (unpaired) electrons. The van der Waals surface area contributed by atoms with Gasteiger partial charge in [-0.15, -0.1) is 12.4 Å². The molecular weight excluding hydrogens is 528 g/mol. The molecular formula is C27H27ClP2Pd. The molecule has 0 bridgehead atoms. The van der Waals surface area contributed by atoms with Gasteiger partial charge in [0.15, 0.2) is 0 Å². The van der Waals surface area contributed by atoms with E-state index in [4.69, 9.17) is 0 Å². The summed E-state index contributed by atoms with van der Waals surface area (Å²) in [6.45, 7) is 2.37. The molecule has 0 atom stereocenters. The Hall–Kier alpha value is -1.31.